The standard InChI is InChI=1S/C14H17NO3S/c1-9-2-3-11(19-9)12(16)15-6-4-14(5-7-15)8-10(14)13(17)18/h2-3,10H,4-8H2,1H3,(H,17,18). The molecule has 2 heterocycles. The number of hydrogen-bond acceptors (Lipinski definition) is 3. The first kappa shape index (κ1) is 12.7. The Hall–Kier alpha value is -1.36. The summed E-state index contributed by atoms with van der Waals surface area (Å²) in [6.07, 6.45) is 2.46. The smallest absolute Gasteiger partial charge is 0.307 e. The number of carbonyl (C=O) groups is 2. The molecule has 1 aliphatic carbocycles. The van der Waals surface area contributed by atoms with Gasteiger partial charge >= 0.3 is 5.97 Å². The van der Waals surface area contributed by atoms with Crippen molar-refractivity contribution in [2.24, 2.45) is 11.3 Å². The molecule has 1 unspecified atom stereocenters. The molecule has 2 fully saturated rings. The van der Waals surface area contributed by atoms with Gasteiger partial charge in [-0.1, -0.05) is 0 Å². The van der Waals surface area contributed by atoms with Crippen molar-refractivity contribution in [3.8, 4) is 0 Å². The molecular weight excluding hydrogens is 262 g/mol. The number of carboxylic acids is 1. The largest absolute Gasteiger partial charge is 0.481 e. The number of aliphatic carboxylic acids is 1. The molecule has 1 saturated carbocycles. The van der Waals surface area contributed by atoms with Crippen molar-refractivity contribution >= 4 is 23.2 Å². The molecule has 0 aromatic carbocycles. The molecule has 1 aromatic heterocycles. The van der Waals surface area contributed by atoms with E-state index in [1.165, 1.54) is 11.3 Å². The van der Waals surface area contributed by atoms with Crippen molar-refractivity contribution in [3.63, 3.8) is 0 Å². The lowest BCUT2D eigenvalue weighted by Gasteiger charge is -2.32. The van der Waals surface area contributed by atoms with Gasteiger partial charge in [0.1, 0.15) is 0 Å². The predicted octanol–water partition coefficient (Wildman–Crippen LogP) is 2.38. The lowest BCUT2D eigenvalue weighted by atomic mass is 9.91. The summed E-state index contributed by atoms with van der Waals surface area (Å²) < 4.78 is 0. The predicted molar refractivity (Wildman–Crippen MR) is 72.4 cm³/mol. The van der Waals surface area contributed by atoms with E-state index in [0.29, 0.717) is 13.1 Å². The topological polar surface area (TPSA) is 57.6 Å². The van der Waals surface area contributed by atoms with E-state index >= 15 is 0 Å². The molecule has 2 aliphatic rings. The minimum absolute atomic E-state index is 0.00597. The van der Waals surface area contributed by atoms with Gasteiger partial charge in [-0.15, -0.1) is 11.3 Å². The first-order valence-corrected chi connectivity index (χ1v) is 7.42. The summed E-state index contributed by atoms with van der Waals surface area (Å²) in [6, 6.07) is 3.84. The van der Waals surface area contributed by atoms with Crippen LogP contribution in [0.3, 0.4) is 0 Å². The molecular formula is C14H17NO3S. The van der Waals surface area contributed by atoms with Crippen LogP contribution in [0.1, 0.15) is 33.8 Å². The molecule has 0 radical (unpaired) electrons. The molecule has 1 aromatic rings. The van der Waals surface area contributed by atoms with Gasteiger partial charge in [0.2, 0.25) is 0 Å². The van der Waals surface area contributed by atoms with Crippen LogP contribution >= 0.6 is 11.3 Å². The second kappa shape index (κ2) is 4.34. The van der Waals surface area contributed by atoms with Crippen LogP contribution in [-0.2, 0) is 4.79 Å². The Bertz CT molecular complexity index is 529. The number of hydrogen-bond donors (Lipinski definition) is 1. The van der Waals surface area contributed by atoms with E-state index < -0.39 is 5.97 Å². The highest BCUT2D eigenvalue weighted by Gasteiger charge is 2.59. The van der Waals surface area contributed by atoms with E-state index in [1.807, 2.05) is 24.0 Å². The Kier molecular flexibility index (Phi) is 2.89. The van der Waals surface area contributed by atoms with Crippen LogP contribution in [0.4, 0.5) is 0 Å². The Morgan fingerprint density at radius 1 is 1.37 bits per heavy atom. The summed E-state index contributed by atoms with van der Waals surface area (Å²) in [7, 11) is 0. The molecule has 1 N–H and O–H groups in total. The van der Waals surface area contributed by atoms with Crippen molar-refractivity contribution < 1.29 is 14.7 Å². The van der Waals surface area contributed by atoms with Crippen LogP contribution < -0.4 is 0 Å². The van der Waals surface area contributed by atoms with Crippen LogP contribution in [0.2, 0.25) is 0 Å². The van der Waals surface area contributed by atoms with Gasteiger partial charge in [0.05, 0.1) is 10.8 Å². The maximum absolute atomic E-state index is 12.3. The van der Waals surface area contributed by atoms with Gasteiger partial charge in [0.15, 0.2) is 0 Å². The zero-order chi connectivity index (χ0) is 13.6. The van der Waals surface area contributed by atoms with Crippen molar-refractivity contribution in [1.82, 2.24) is 4.90 Å². The molecule has 1 saturated heterocycles. The van der Waals surface area contributed by atoms with Crippen LogP contribution in [-0.4, -0.2) is 35.0 Å². The fourth-order valence-electron chi connectivity index (χ4n) is 3.11. The molecule has 3 rings (SSSR count). The maximum atomic E-state index is 12.3. The van der Waals surface area contributed by atoms with Crippen molar-refractivity contribution in [2.45, 2.75) is 26.2 Å². The highest BCUT2D eigenvalue weighted by atomic mass is 32.1. The first-order valence-electron chi connectivity index (χ1n) is 6.60. The van der Waals surface area contributed by atoms with Crippen LogP contribution in [0, 0.1) is 18.3 Å². The summed E-state index contributed by atoms with van der Waals surface area (Å²) in [5.74, 6) is -0.747. The summed E-state index contributed by atoms with van der Waals surface area (Å²) in [4.78, 5) is 27.1. The quantitative estimate of drug-likeness (QED) is 0.904. The third kappa shape index (κ3) is 2.16. The van der Waals surface area contributed by atoms with Gasteiger partial charge in [-0.2, -0.15) is 0 Å². The first-order chi connectivity index (χ1) is 9.02. The van der Waals surface area contributed by atoms with Crippen LogP contribution in [0.5, 0.6) is 0 Å². The SMILES string of the molecule is Cc1ccc(C(=O)N2CCC3(CC2)CC3C(=O)O)s1. The van der Waals surface area contributed by atoms with Gasteiger partial charge in [-0.3, -0.25) is 9.59 Å². The zero-order valence-electron chi connectivity index (χ0n) is 10.9. The lowest BCUT2D eigenvalue weighted by molar-refractivity contribution is -0.139. The second-order valence-corrected chi connectivity index (χ2v) is 6.95. The van der Waals surface area contributed by atoms with Crippen LogP contribution in [0.15, 0.2) is 12.1 Å². The van der Waals surface area contributed by atoms with Gasteiger partial charge < -0.3 is 10.0 Å². The molecule has 0 bridgehead atoms. The van der Waals surface area contributed by atoms with E-state index in [9.17, 15) is 9.59 Å². The van der Waals surface area contributed by atoms with E-state index in [1.54, 1.807) is 0 Å². The number of likely N-dealkylation sites (tertiary alicyclic amines) is 1. The lowest BCUT2D eigenvalue weighted by Crippen LogP contribution is -2.39. The highest BCUT2D eigenvalue weighted by molar-refractivity contribution is 7.13. The number of piperidine rings is 1. The fraction of sp³-hybridized carbons (Fsp3) is 0.571. The number of amides is 1. The zero-order valence-corrected chi connectivity index (χ0v) is 11.7. The van der Waals surface area contributed by atoms with Crippen molar-refractivity contribution in [3.05, 3.63) is 21.9 Å². The number of aryl methyl sites for hydroxylation is 1. The third-order valence-corrected chi connectivity index (χ3v) is 5.47. The Morgan fingerprint density at radius 2 is 2.05 bits per heavy atom. The van der Waals surface area contributed by atoms with Crippen molar-refractivity contribution in [1.29, 1.82) is 0 Å². The molecule has 1 spiro atoms. The molecule has 102 valence electrons. The maximum Gasteiger partial charge on any atom is 0.307 e. The Morgan fingerprint density at radius 3 is 2.53 bits per heavy atom. The fourth-order valence-corrected chi connectivity index (χ4v) is 3.95. The van der Waals surface area contributed by atoms with E-state index in [-0.39, 0.29) is 17.2 Å². The van der Waals surface area contributed by atoms with Gasteiger partial charge in [0.25, 0.3) is 5.91 Å². The van der Waals surface area contributed by atoms with Crippen molar-refractivity contribution in [2.75, 3.05) is 13.1 Å². The number of carboxylic acid groups (broad SMARTS) is 1. The molecule has 5 heteroatoms. The highest BCUT2D eigenvalue weighted by Crippen LogP contribution is 2.59. The number of rotatable bonds is 2. The van der Waals surface area contributed by atoms with E-state index in [2.05, 4.69) is 0 Å². The number of thiophene rings is 1. The third-order valence-electron chi connectivity index (χ3n) is 4.49. The summed E-state index contributed by atoms with van der Waals surface area (Å²) >= 11 is 1.53. The molecule has 4 nitrogen and oxygen atoms in total. The minimum Gasteiger partial charge on any atom is -0.481 e. The summed E-state index contributed by atoms with van der Waals surface area (Å²) in [5.41, 5.74) is -0.00597. The molecule has 19 heavy (non-hydrogen) atoms. The minimum atomic E-state index is -0.673. The Labute approximate surface area is 116 Å². The number of carbonyl (C=O) groups excluding carboxylic acids is 1. The molecule has 1 aliphatic heterocycles. The second-order valence-electron chi connectivity index (χ2n) is 5.66. The Balaban J connectivity index is 1.62. The monoisotopic (exact) mass is 279 g/mol. The average Bonchev–Trinajstić information content (AvgIpc) is 2.91. The summed E-state index contributed by atoms with van der Waals surface area (Å²) in [5, 5.41) is 9.05. The van der Waals surface area contributed by atoms with E-state index in [4.69, 9.17) is 5.11 Å². The molecule has 1 amide bonds. The average molecular weight is 279 g/mol. The van der Waals surface area contributed by atoms with Crippen LogP contribution in [0.25, 0.3) is 0 Å². The van der Waals surface area contributed by atoms with Gasteiger partial charge in [0, 0.05) is 18.0 Å². The normalized spacial score (nSPS) is 24.5. The van der Waals surface area contributed by atoms with E-state index in [0.717, 1.165) is 29.0 Å². The molecule has 1 atom stereocenters. The summed E-state index contributed by atoms with van der Waals surface area (Å²) in [6.45, 7) is 3.38. The van der Waals surface area contributed by atoms with Gasteiger partial charge in [-0.25, -0.2) is 0 Å². The van der Waals surface area contributed by atoms with Gasteiger partial charge in [-0.05, 0) is 43.7 Å². The number of nitrogens with zero attached hydrogens (tertiary/aromatic N) is 1.